The standard InChI is InChI=1S/C24H42N6O9/c1-22(2,3)37-19(34)28-13-10-25-17(32)15(30-21(36)39-24(7,8)9)12-27-18(33)14(11-26-16(13)31)29-20(35)38-23(4,5)6/h13-15H,10-12H2,1-9H3,(H,25,32)(H,26,31)(H,27,33)(H,28,34)(H,29,35)(H,30,36). The number of rotatable bonds is 3. The molecule has 15 heteroatoms. The number of carbonyl (C=O) groups is 6. The van der Waals surface area contributed by atoms with Gasteiger partial charge in [-0.1, -0.05) is 0 Å². The third-order valence-corrected chi connectivity index (χ3v) is 4.46. The molecule has 3 atom stereocenters. The van der Waals surface area contributed by atoms with Crippen LogP contribution in [0.2, 0.25) is 0 Å². The molecule has 1 fully saturated rings. The Morgan fingerprint density at radius 3 is 0.923 bits per heavy atom. The molecule has 0 aromatic carbocycles. The molecule has 0 bridgehead atoms. The summed E-state index contributed by atoms with van der Waals surface area (Å²) >= 11 is 0. The van der Waals surface area contributed by atoms with E-state index in [0.29, 0.717) is 0 Å². The molecule has 0 aliphatic carbocycles. The predicted octanol–water partition coefficient (Wildman–Crippen LogP) is 0.0285. The number of nitrogens with one attached hydrogen (secondary N) is 6. The highest BCUT2D eigenvalue weighted by Gasteiger charge is 2.32. The third-order valence-electron chi connectivity index (χ3n) is 4.46. The summed E-state index contributed by atoms with van der Waals surface area (Å²) in [6.45, 7) is 13.6. The van der Waals surface area contributed by atoms with Gasteiger partial charge < -0.3 is 46.1 Å². The summed E-state index contributed by atoms with van der Waals surface area (Å²) in [7, 11) is 0. The first-order valence-electron chi connectivity index (χ1n) is 12.5. The van der Waals surface area contributed by atoms with E-state index in [-0.39, 0.29) is 19.6 Å². The minimum Gasteiger partial charge on any atom is -0.444 e. The van der Waals surface area contributed by atoms with Gasteiger partial charge >= 0.3 is 18.3 Å². The van der Waals surface area contributed by atoms with Crippen molar-refractivity contribution < 1.29 is 43.0 Å². The molecule has 1 heterocycles. The highest BCUT2D eigenvalue weighted by molar-refractivity contribution is 5.92. The van der Waals surface area contributed by atoms with Crippen molar-refractivity contribution in [2.75, 3.05) is 19.6 Å². The Morgan fingerprint density at radius 1 is 0.538 bits per heavy atom. The highest BCUT2D eigenvalue weighted by atomic mass is 16.6. The number of ether oxygens (including phenoxy) is 3. The number of carbonyl (C=O) groups excluding carboxylic acids is 6. The molecular weight excluding hydrogens is 516 g/mol. The van der Waals surface area contributed by atoms with Gasteiger partial charge in [0.05, 0.1) is 0 Å². The second kappa shape index (κ2) is 13.3. The molecule has 0 aromatic rings. The zero-order valence-corrected chi connectivity index (χ0v) is 24.0. The van der Waals surface area contributed by atoms with E-state index >= 15 is 0 Å². The van der Waals surface area contributed by atoms with Crippen molar-refractivity contribution in [2.24, 2.45) is 0 Å². The van der Waals surface area contributed by atoms with E-state index in [1.165, 1.54) is 0 Å². The van der Waals surface area contributed by atoms with Crippen LogP contribution in [0.5, 0.6) is 0 Å². The first kappa shape index (κ1) is 33.2. The molecule has 1 saturated heterocycles. The summed E-state index contributed by atoms with van der Waals surface area (Å²) in [5.74, 6) is -2.33. The van der Waals surface area contributed by atoms with Gasteiger partial charge in [-0.25, -0.2) is 14.4 Å². The fourth-order valence-electron chi connectivity index (χ4n) is 2.95. The Morgan fingerprint density at radius 2 is 0.744 bits per heavy atom. The first-order chi connectivity index (χ1) is 17.6. The van der Waals surface area contributed by atoms with E-state index in [9.17, 15) is 28.8 Å². The van der Waals surface area contributed by atoms with Gasteiger partial charge in [-0.2, -0.15) is 0 Å². The molecule has 0 aromatic heterocycles. The van der Waals surface area contributed by atoms with Gasteiger partial charge in [0.2, 0.25) is 17.7 Å². The molecule has 3 unspecified atom stereocenters. The zero-order valence-electron chi connectivity index (χ0n) is 24.0. The molecule has 0 spiro atoms. The van der Waals surface area contributed by atoms with Crippen molar-refractivity contribution in [2.45, 2.75) is 97.2 Å². The Hall–Kier alpha value is -3.78. The highest BCUT2D eigenvalue weighted by Crippen LogP contribution is 2.09. The maximum absolute atomic E-state index is 12.9. The van der Waals surface area contributed by atoms with Crippen molar-refractivity contribution in [1.29, 1.82) is 0 Å². The minimum atomic E-state index is -1.32. The van der Waals surface area contributed by atoms with Crippen LogP contribution in [0.3, 0.4) is 0 Å². The Kier molecular flexibility index (Phi) is 11.4. The monoisotopic (exact) mass is 558 g/mol. The number of amides is 6. The molecule has 15 nitrogen and oxygen atoms in total. The van der Waals surface area contributed by atoms with Crippen LogP contribution in [0.1, 0.15) is 62.3 Å². The van der Waals surface area contributed by atoms with Crippen LogP contribution >= 0.6 is 0 Å². The van der Waals surface area contributed by atoms with Crippen LogP contribution in [0.25, 0.3) is 0 Å². The molecule has 1 aliphatic heterocycles. The van der Waals surface area contributed by atoms with Gasteiger partial charge in [-0.15, -0.1) is 0 Å². The second-order valence-electron chi connectivity index (χ2n) is 11.8. The van der Waals surface area contributed by atoms with Crippen LogP contribution < -0.4 is 31.9 Å². The van der Waals surface area contributed by atoms with Gasteiger partial charge in [0.1, 0.15) is 34.9 Å². The van der Waals surface area contributed by atoms with Crippen molar-refractivity contribution in [3.05, 3.63) is 0 Å². The molecular formula is C24H42N6O9. The van der Waals surface area contributed by atoms with E-state index in [2.05, 4.69) is 31.9 Å². The largest absolute Gasteiger partial charge is 0.444 e. The molecule has 39 heavy (non-hydrogen) atoms. The maximum Gasteiger partial charge on any atom is 0.408 e. The Balaban J connectivity index is 3.21. The zero-order chi connectivity index (χ0) is 30.2. The van der Waals surface area contributed by atoms with E-state index in [0.717, 1.165) is 0 Å². The predicted molar refractivity (Wildman–Crippen MR) is 139 cm³/mol. The SMILES string of the molecule is CC(C)(C)OC(=O)NC1CNC(=O)C(NC(=O)OC(C)(C)C)CNC(=O)C(NC(=O)OC(C)(C)C)CNC1=O. The molecule has 0 saturated carbocycles. The number of hydrogen-bond donors (Lipinski definition) is 6. The average Bonchev–Trinajstić information content (AvgIpc) is 2.71. The van der Waals surface area contributed by atoms with Crippen LogP contribution in [0, 0.1) is 0 Å². The van der Waals surface area contributed by atoms with Crippen molar-refractivity contribution in [1.82, 2.24) is 31.9 Å². The lowest BCUT2D eigenvalue weighted by molar-refractivity contribution is -0.127. The second-order valence-corrected chi connectivity index (χ2v) is 11.8. The van der Waals surface area contributed by atoms with E-state index < -0.39 is 70.9 Å². The lowest BCUT2D eigenvalue weighted by Crippen LogP contribution is -2.62. The van der Waals surface area contributed by atoms with Crippen molar-refractivity contribution >= 4 is 36.0 Å². The number of hydrogen-bond acceptors (Lipinski definition) is 9. The van der Waals surface area contributed by atoms with Gasteiger partial charge in [0, 0.05) is 19.6 Å². The smallest absolute Gasteiger partial charge is 0.408 e. The normalized spacial score (nSPS) is 21.5. The fourth-order valence-corrected chi connectivity index (χ4v) is 2.95. The maximum atomic E-state index is 12.9. The lowest BCUT2D eigenvalue weighted by Gasteiger charge is -2.28. The Labute approximate surface area is 228 Å². The fraction of sp³-hybridized carbons (Fsp3) is 0.750. The van der Waals surface area contributed by atoms with Gasteiger partial charge in [0.15, 0.2) is 0 Å². The topological polar surface area (TPSA) is 202 Å². The summed E-state index contributed by atoms with van der Waals surface area (Å²) in [6.07, 6.45) is -2.77. The summed E-state index contributed by atoms with van der Waals surface area (Å²) in [6, 6.07) is -3.97. The lowest BCUT2D eigenvalue weighted by atomic mass is 10.1. The summed E-state index contributed by atoms with van der Waals surface area (Å²) in [5.41, 5.74) is -2.59. The van der Waals surface area contributed by atoms with E-state index in [1.54, 1.807) is 62.3 Å². The van der Waals surface area contributed by atoms with Crippen LogP contribution in [0.4, 0.5) is 14.4 Å². The summed E-state index contributed by atoms with van der Waals surface area (Å²) in [5, 5.41) is 14.5. The first-order valence-corrected chi connectivity index (χ1v) is 12.5. The molecule has 1 aliphatic rings. The molecule has 222 valence electrons. The third kappa shape index (κ3) is 14.1. The molecule has 0 radical (unpaired) electrons. The van der Waals surface area contributed by atoms with Crippen LogP contribution in [-0.2, 0) is 28.6 Å². The van der Waals surface area contributed by atoms with E-state index in [4.69, 9.17) is 14.2 Å². The number of alkyl carbamates (subject to hydrolysis) is 3. The van der Waals surface area contributed by atoms with Gasteiger partial charge in [-0.3, -0.25) is 14.4 Å². The average molecular weight is 559 g/mol. The molecule has 6 N–H and O–H groups in total. The summed E-state index contributed by atoms with van der Waals surface area (Å²) in [4.78, 5) is 75.8. The minimum absolute atomic E-state index is 0.380. The van der Waals surface area contributed by atoms with Gasteiger partial charge in [0.25, 0.3) is 0 Å². The van der Waals surface area contributed by atoms with E-state index in [1.807, 2.05) is 0 Å². The van der Waals surface area contributed by atoms with Crippen LogP contribution in [0.15, 0.2) is 0 Å². The van der Waals surface area contributed by atoms with Crippen molar-refractivity contribution in [3.63, 3.8) is 0 Å². The molecule has 6 amide bonds. The Bertz CT molecular complexity index is 815. The molecule has 1 rings (SSSR count). The van der Waals surface area contributed by atoms with Crippen molar-refractivity contribution in [3.8, 4) is 0 Å². The summed E-state index contributed by atoms with van der Waals surface area (Å²) < 4.78 is 15.6. The quantitative estimate of drug-likeness (QED) is 0.258. The van der Waals surface area contributed by atoms with Gasteiger partial charge in [-0.05, 0) is 62.3 Å². The van der Waals surface area contributed by atoms with Crippen LogP contribution in [-0.4, -0.2) is 90.6 Å².